The van der Waals surface area contributed by atoms with Crippen molar-refractivity contribution in [1.82, 2.24) is 15.5 Å². The van der Waals surface area contributed by atoms with Crippen LogP contribution in [0.25, 0.3) is 0 Å². The van der Waals surface area contributed by atoms with Crippen molar-refractivity contribution in [1.29, 1.82) is 0 Å². The molecule has 2 rings (SSSR count). The van der Waals surface area contributed by atoms with Gasteiger partial charge in [-0.2, -0.15) is 5.10 Å². The normalized spacial score (nSPS) is 13.3. The van der Waals surface area contributed by atoms with E-state index in [-0.39, 0.29) is 11.8 Å². The van der Waals surface area contributed by atoms with E-state index in [1.54, 1.807) is 6.20 Å². The Hall–Kier alpha value is -1.66. The zero-order chi connectivity index (χ0) is 13.7. The Morgan fingerprint density at radius 2 is 2.00 bits per heavy atom. The molecule has 1 heterocycles. The smallest absolute Gasteiger partial charge is 0.149 e. The average molecular weight is 279 g/mol. The molecule has 0 radical (unpaired) electrons. The third-order valence-corrected chi connectivity index (χ3v) is 3.71. The molecule has 5 nitrogen and oxygen atoms in total. The van der Waals surface area contributed by atoms with Gasteiger partial charge in [0.2, 0.25) is 0 Å². The van der Waals surface area contributed by atoms with Crippen molar-refractivity contribution >= 4 is 9.84 Å². The van der Waals surface area contributed by atoms with Crippen LogP contribution in [0.2, 0.25) is 0 Å². The molecule has 0 amide bonds. The Labute approximate surface area is 113 Å². The van der Waals surface area contributed by atoms with Gasteiger partial charge in [0.15, 0.2) is 0 Å². The van der Waals surface area contributed by atoms with E-state index in [0.717, 1.165) is 11.3 Å². The van der Waals surface area contributed by atoms with Gasteiger partial charge in [0.05, 0.1) is 5.75 Å². The zero-order valence-electron chi connectivity index (χ0n) is 10.7. The van der Waals surface area contributed by atoms with E-state index in [4.69, 9.17) is 0 Å². The minimum Gasteiger partial charge on any atom is -0.303 e. The quantitative estimate of drug-likeness (QED) is 0.835. The summed E-state index contributed by atoms with van der Waals surface area (Å²) in [6, 6.07) is 11.2. The molecule has 0 saturated heterocycles. The lowest BCUT2D eigenvalue weighted by Gasteiger charge is -2.17. The van der Waals surface area contributed by atoms with Crippen molar-refractivity contribution < 1.29 is 8.42 Å². The first-order valence-electron chi connectivity index (χ1n) is 5.99. The number of hydrogen-bond donors (Lipinski definition) is 2. The third kappa shape index (κ3) is 4.50. The topological polar surface area (TPSA) is 74.8 Å². The summed E-state index contributed by atoms with van der Waals surface area (Å²) in [6.45, 7) is 0.551. The van der Waals surface area contributed by atoms with Crippen LogP contribution in [-0.4, -0.2) is 30.6 Å². The summed E-state index contributed by atoms with van der Waals surface area (Å²) in [5.74, 6) is 0.0746. The highest BCUT2D eigenvalue weighted by Crippen LogP contribution is 2.15. The molecule has 0 aliphatic heterocycles. The molecule has 102 valence electrons. The maximum absolute atomic E-state index is 11.5. The lowest BCUT2D eigenvalue weighted by atomic mass is 10.1. The Morgan fingerprint density at radius 1 is 1.26 bits per heavy atom. The van der Waals surface area contributed by atoms with Crippen molar-refractivity contribution in [2.24, 2.45) is 0 Å². The second kappa shape index (κ2) is 5.99. The van der Waals surface area contributed by atoms with Gasteiger partial charge >= 0.3 is 0 Å². The van der Waals surface area contributed by atoms with E-state index >= 15 is 0 Å². The van der Waals surface area contributed by atoms with E-state index in [1.807, 2.05) is 36.4 Å². The van der Waals surface area contributed by atoms with Gasteiger partial charge in [-0.3, -0.25) is 5.10 Å². The highest BCUT2D eigenvalue weighted by atomic mass is 32.2. The lowest BCUT2D eigenvalue weighted by Crippen LogP contribution is -2.27. The van der Waals surface area contributed by atoms with E-state index < -0.39 is 9.84 Å². The first kappa shape index (κ1) is 13.8. The Bertz CT molecular complexity index is 594. The van der Waals surface area contributed by atoms with Crippen molar-refractivity contribution in [3.63, 3.8) is 0 Å². The van der Waals surface area contributed by atoms with E-state index in [2.05, 4.69) is 15.5 Å². The van der Waals surface area contributed by atoms with Crippen LogP contribution < -0.4 is 5.32 Å². The maximum atomic E-state index is 11.5. The van der Waals surface area contributed by atoms with Gasteiger partial charge in [-0.25, -0.2) is 8.42 Å². The van der Waals surface area contributed by atoms with Gasteiger partial charge in [-0.05, 0) is 11.6 Å². The molecule has 0 aliphatic carbocycles. The van der Waals surface area contributed by atoms with Crippen molar-refractivity contribution in [2.45, 2.75) is 12.6 Å². The molecule has 6 heteroatoms. The predicted octanol–water partition coefficient (Wildman–Crippen LogP) is 1.29. The summed E-state index contributed by atoms with van der Waals surface area (Å²) < 4.78 is 23.0. The average Bonchev–Trinajstić information content (AvgIpc) is 2.87. The molecule has 0 aliphatic rings. The molecule has 0 bridgehead atoms. The predicted molar refractivity (Wildman–Crippen MR) is 74.3 cm³/mol. The van der Waals surface area contributed by atoms with Gasteiger partial charge < -0.3 is 5.32 Å². The molecule has 0 spiro atoms. The fourth-order valence-corrected chi connectivity index (χ4v) is 2.79. The van der Waals surface area contributed by atoms with E-state index in [1.165, 1.54) is 6.26 Å². The van der Waals surface area contributed by atoms with Crippen molar-refractivity contribution in [2.75, 3.05) is 12.0 Å². The standard InChI is InChI=1S/C13H17N3O2S/c1-19(17,18)10-13(11-5-3-2-4-6-11)14-9-12-7-8-15-16-12/h2-8,13-14H,9-10H2,1H3,(H,15,16)/t13-/m1/s1. The minimum absolute atomic E-state index is 0.0746. The number of benzene rings is 1. The summed E-state index contributed by atoms with van der Waals surface area (Å²) in [5, 5.41) is 9.95. The summed E-state index contributed by atoms with van der Waals surface area (Å²) in [6.07, 6.45) is 2.92. The number of H-pyrrole nitrogens is 1. The van der Waals surface area contributed by atoms with Gasteiger partial charge in [0.1, 0.15) is 9.84 Å². The Morgan fingerprint density at radius 3 is 2.58 bits per heavy atom. The number of rotatable bonds is 6. The number of hydrogen-bond acceptors (Lipinski definition) is 4. The number of aromatic amines is 1. The largest absolute Gasteiger partial charge is 0.303 e. The van der Waals surface area contributed by atoms with Crippen LogP contribution in [0, 0.1) is 0 Å². The van der Waals surface area contributed by atoms with Crippen LogP contribution >= 0.6 is 0 Å². The molecule has 2 N–H and O–H groups in total. The molecule has 2 aromatic rings. The second-order valence-electron chi connectivity index (χ2n) is 4.52. The number of nitrogens with one attached hydrogen (secondary N) is 2. The molecule has 0 saturated carbocycles. The fraction of sp³-hybridized carbons (Fsp3) is 0.308. The van der Waals surface area contributed by atoms with E-state index in [9.17, 15) is 8.42 Å². The Balaban J connectivity index is 2.10. The molecular weight excluding hydrogens is 262 g/mol. The van der Waals surface area contributed by atoms with Gasteiger partial charge in [0.25, 0.3) is 0 Å². The molecule has 1 atom stereocenters. The summed E-state index contributed by atoms with van der Waals surface area (Å²) in [7, 11) is -3.05. The van der Waals surface area contributed by atoms with Crippen molar-refractivity contribution in [3.05, 3.63) is 53.9 Å². The van der Waals surface area contributed by atoms with Crippen LogP contribution in [-0.2, 0) is 16.4 Å². The van der Waals surface area contributed by atoms with E-state index in [0.29, 0.717) is 6.54 Å². The molecule has 1 aromatic carbocycles. The SMILES string of the molecule is CS(=O)(=O)C[C@@H](NCc1ccn[nH]1)c1ccccc1. The number of nitrogens with zero attached hydrogens (tertiary/aromatic N) is 1. The molecule has 1 aromatic heterocycles. The second-order valence-corrected chi connectivity index (χ2v) is 6.70. The molecular formula is C13H17N3O2S. The van der Waals surface area contributed by atoms with Gasteiger partial charge in [0, 0.05) is 30.7 Å². The van der Waals surface area contributed by atoms with Crippen LogP contribution in [0.3, 0.4) is 0 Å². The lowest BCUT2D eigenvalue weighted by molar-refractivity contribution is 0.546. The fourth-order valence-electron chi connectivity index (χ4n) is 1.88. The first-order valence-corrected chi connectivity index (χ1v) is 8.05. The summed E-state index contributed by atoms with van der Waals surface area (Å²) in [4.78, 5) is 0. The van der Waals surface area contributed by atoms with Gasteiger partial charge in [-0.15, -0.1) is 0 Å². The number of aromatic nitrogens is 2. The monoisotopic (exact) mass is 279 g/mol. The molecule has 19 heavy (non-hydrogen) atoms. The number of sulfone groups is 1. The van der Waals surface area contributed by atoms with Crippen molar-refractivity contribution in [3.8, 4) is 0 Å². The first-order chi connectivity index (χ1) is 9.04. The third-order valence-electron chi connectivity index (χ3n) is 2.77. The highest BCUT2D eigenvalue weighted by Gasteiger charge is 2.16. The van der Waals surface area contributed by atoms with Crippen LogP contribution in [0.1, 0.15) is 17.3 Å². The highest BCUT2D eigenvalue weighted by molar-refractivity contribution is 7.90. The van der Waals surface area contributed by atoms with Crippen LogP contribution in [0.4, 0.5) is 0 Å². The van der Waals surface area contributed by atoms with Crippen LogP contribution in [0.5, 0.6) is 0 Å². The maximum Gasteiger partial charge on any atom is 0.149 e. The summed E-state index contributed by atoms with van der Waals surface area (Å²) >= 11 is 0. The molecule has 0 unspecified atom stereocenters. The summed E-state index contributed by atoms with van der Waals surface area (Å²) in [5.41, 5.74) is 1.89. The minimum atomic E-state index is -3.05. The molecule has 0 fully saturated rings. The van der Waals surface area contributed by atoms with Crippen LogP contribution in [0.15, 0.2) is 42.6 Å². The van der Waals surface area contributed by atoms with Gasteiger partial charge in [-0.1, -0.05) is 30.3 Å². The Kier molecular flexibility index (Phi) is 4.34. The zero-order valence-corrected chi connectivity index (χ0v) is 11.5.